The Bertz CT molecular complexity index is 374. The molecule has 0 radical (unpaired) electrons. The molecule has 0 spiro atoms. The van der Waals surface area contributed by atoms with Gasteiger partial charge < -0.3 is 9.29 Å². The molecule has 108 valence electrons. The van der Waals surface area contributed by atoms with Gasteiger partial charge in [-0.25, -0.2) is 13.0 Å². The van der Waals surface area contributed by atoms with Gasteiger partial charge in [0, 0.05) is 0 Å². The largest absolute Gasteiger partial charge is 0.454 e. The molecule has 0 rings (SSSR count). The van der Waals surface area contributed by atoms with Gasteiger partial charge in [-0.3, -0.25) is 0 Å². The Kier molecular flexibility index (Phi) is 4.92. The van der Waals surface area contributed by atoms with Crippen molar-refractivity contribution in [3.05, 3.63) is 12.1 Å². The second-order valence-corrected chi connectivity index (χ2v) is 6.00. The Morgan fingerprint density at radius 2 is 1.50 bits per heavy atom. The van der Waals surface area contributed by atoms with Gasteiger partial charge in [0.2, 0.25) is 0 Å². The molecule has 0 fully saturated rings. The molecule has 0 aliphatic rings. The van der Waals surface area contributed by atoms with E-state index in [4.69, 9.17) is 4.55 Å². The molecule has 3 nitrogen and oxygen atoms in total. The zero-order valence-corrected chi connectivity index (χ0v) is 10.9. The minimum atomic E-state index is -4.05. The second kappa shape index (κ2) is 5.12. The van der Waals surface area contributed by atoms with Crippen molar-refractivity contribution in [3.63, 3.8) is 0 Å². The molecular weight excluding hydrogens is 283 g/mol. The molecule has 0 saturated heterocycles. The van der Waals surface area contributed by atoms with Crippen molar-refractivity contribution in [1.29, 1.82) is 0 Å². The van der Waals surface area contributed by atoms with Crippen LogP contribution in [0.4, 0.5) is 22.0 Å². The van der Waals surface area contributed by atoms with Crippen LogP contribution >= 0.6 is 0 Å². The van der Waals surface area contributed by atoms with Gasteiger partial charge in [-0.2, -0.15) is 13.2 Å². The fourth-order valence-corrected chi connectivity index (χ4v) is 1.63. The van der Waals surface area contributed by atoms with Crippen LogP contribution in [0.3, 0.4) is 0 Å². The summed E-state index contributed by atoms with van der Waals surface area (Å²) in [5.74, 6) is -4.05. The van der Waals surface area contributed by atoms with Crippen molar-refractivity contribution in [2.45, 2.75) is 44.0 Å². The average molecular weight is 296 g/mol. The summed E-state index contributed by atoms with van der Waals surface area (Å²) in [7, 11) is 0. The van der Waals surface area contributed by atoms with E-state index in [0.717, 1.165) is 13.8 Å². The maximum absolute atomic E-state index is 13.9. The molecule has 0 aromatic rings. The van der Waals surface area contributed by atoms with E-state index in [1.165, 1.54) is 0 Å². The van der Waals surface area contributed by atoms with Gasteiger partial charge in [0.1, 0.15) is 4.75 Å². The van der Waals surface area contributed by atoms with Crippen LogP contribution in [-0.4, -0.2) is 25.0 Å². The topological polar surface area (TPSA) is 46.5 Å². The van der Waals surface area contributed by atoms with Crippen molar-refractivity contribution in [1.82, 2.24) is 0 Å². The van der Waals surface area contributed by atoms with Crippen LogP contribution in [0.25, 0.3) is 0 Å². The lowest BCUT2D eigenvalue weighted by Crippen LogP contribution is -2.59. The molecule has 0 aromatic carbocycles. The van der Waals surface area contributed by atoms with E-state index in [0.29, 0.717) is 13.8 Å². The number of hydrogen-bond acceptors (Lipinski definition) is 2. The van der Waals surface area contributed by atoms with Crippen molar-refractivity contribution >= 4 is 11.1 Å². The summed E-state index contributed by atoms with van der Waals surface area (Å²) in [5, 5.41) is 0. The SMILES string of the molecule is CC(C)(OC(F)=C(F)F)C(F)(F)C(C)(C)S(=O)O. The fourth-order valence-electron chi connectivity index (χ4n) is 1.16. The van der Waals surface area contributed by atoms with Crippen LogP contribution < -0.4 is 0 Å². The van der Waals surface area contributed by atoms with E-state index in [-0.39, 0.29) is 0 Å². The molecule has 0 aliphatic carbocycles. The van der Waals surface area contributed by atoms with Crippen LogP contribution in [0.2, 0.25) is 0 Å². The Hall–Kier alpha value is -0.700. The van der Waals surface area contributed by atoms with Gasteiger partial charge in [-0.05, 0) is 27.7 Å². The smallest absolute Gasteiger partial charge is 0.342 e. The third-order valence-electron chi connectivity index (χ3n) is 2.44. The first kappa shape index (κ1) is 17.3. The summed E-state index contributed by atoms with van der Waals surface area (Å²) in [6.45, 7) is 2.76. The van der Waals surface area contributed by atoms with Crippen LogP contribution in [0.15, 0.2) is 12.1 Å². The summed E-state index contributed by atoms with van der Waals surface area (Å²) in [6.07, 6.45) is -2.89. The molecule has 0 bridgehead atoms. The van der Waals surface area contributed by atoms with Crippen LogP contribution in [0.5, 0.6) is 0 Å². The zero-order valence-electron chi connectivity index (χ0n) is 10.1. The minimum Gasteiger partial charge on any atom is -0.454 e. The molecule has 1 unspecified atom stereocenters. The van der Waals surface area contributed by atoms with Crippen molar-refractivity contribution in [2.24, 2.45) is 0 Å². The molecule has 9 heteroatoms. The predicted molar refractivity (Wildman–Crippen MR) is 55.3 cm³/mol. The van der Waals surface area contributed by atoms with Crippen molar-refractivity contribution < 1.29 is 35.5 Å². The van der Waals surface area contributed by atoms with Crippen LogP contribution in [-0.2, 0) is 15.8 Å². The number of rotatable bonds is 5. The van der Waals surface area contributed by atoms with Gasteiger partial charge >= 0.3 is 18.0 Å². The standard InChI is InChI=1S/C9H13F5O3S/c1-7(2,17-6(12)5(10)11)9(13,14)8(3,4)18(15)16/h1-4H3,(H,15,16). The number of alkyl halides is 2. The third kappa shape index (κ3) is 3.00. The van der Waals surface area contributed by atoms with Crippen molar-refractivity contribution in [2.75, 3.05) is 0 Å². The summed E-state index contributed by atoms with van der Waals surface area (Å²) >= 11 is -2.97. The second-order valence-electron chi connectivity index (χ2n) is 4.48. The quantitative estimate of drug-likeness (QED) is 0.480. The fraction of sp³-hybridized carbons (Fsp3) is 0.778. The third-order valence-corrected chi connectivity index (χ3v) is 3.57. The highest BCUT2D eigenvalue weighted by Gasteiger charge is 2.63. The maximum Gasteiger partial charge on any atom is 0.342 e. The molecule has 1 N–H and O–H groups in total. The molecule has 0 aliphatic heterocycles. The lowest BCUT2D eigenvalue weighted by Gasteiger charge is -2.41. The van der Waals surface area contributed by atoms with E-state index in [1.54, 1.807) is 0 Å². The summed E-state index contributed by atoms with van der Waals surface area (Å²) in [4.78, 5) is 0. The first-order chi connectivity index (χ1) is 7.77. The molecule has 0 aromatic heterocycles. The lowest BCUT2D eigenvalue weighted by atomic mass is 9.90. The Balaban J connectivity index is 5.47. The molecule has 1 atom stereocenters. The molecule has 0 heterocycles. The van der Waals surface area contributed by atoms with E-state index >= 15 is 0 Å². The molecular formula is C9H13F5O3S. The molecule has 0 amide bonds. The Morgan fingerprint density at radius 3 is 1.78 bits per heavy atom. The summed E-state index contributed by atoms with van der Waals surface area (Å²) < 4.78 is 85.1. The van der Waals surface area contributed by atoms with Gasteiger partial charge in [-0.15, -0.1) is 0 Å². The van der Waals surface area contributed by atoms with Gasteiger partial charge in [0.25, 0.3) is 0 Å². The highest BCUT2D eigenvalue weighted by molar-refractivity contribution is 7.80. The Morgan fingerprint density at radius 1 is 1.11 bits per heavy atom. The summed E-state index contributed by atoms with van der Waals surface area (Å²) in [5.41, 5.74) is -2.73. The summed E-state index contributed by atoms with van der Waals surface area (Å²) in [6, 6.07) is -2.45. The molecule has 18 heavy (non-hydrogen) atoms. The average Bonchev–Trinajstić information content (AvgIpc) is 2.15. The monoisotopic (exact) mass is 296 g/mol. The van der Waals surface area contributed by atoms with E-state index < -0.39 is 39.4 Å². The van der Waals surface area contributed by atoms with E-state index in [9.17, 15) is 26.2 Å². The predicted octanol–water partition coefficient (Wildman–Crippen LogP) is 3.45. The maximum atomic E-state index is 13.9. The minimum absolute atomic E-state index is 0.643. The highest BCUT2D eigenvalue weighted by atomic mass is 32.2. The van der Waals surface area contributed by atoms with Crippen LogP contribution in [0.1, 0.15) is 27.7 Å². The van der Waals surface area contributed by atoms with Gasteiger partial charge in [-0.1, -0.05) is 0 Å². The van der Waals surface area contributed by atoms with Crippen molar-refractivity contribution in [3.8, 4) is 0 Å². The highest BCUT2D eigenvalue weighted by Crippen LogP contribution is 2.44. The first-order valence-electron chi connectivity index (χ1n) is 4.66. The van der Waals surface area contributed by atoms with Gasteiger partial charge in [0.15, 0.2) is 16.7 Å². The van der Waals surface area contributed by atoms with Crippen LogP contribution in [0, 0.1) is 0 Å². The van der Waals surface area contributed by atoms with E-state index in [1.807, 2.05) is 0 Å². The lowest BCUT2D eigenvalue weighted by molar-refractivity contribution is -0.199. The number of hydrogen-bond donors (Lipinski definition) is 1. The Labute approximate surface area is 103 Å². The zero-order chi connectivity index (χ0) is 14.9. The normalized spacial score (nSPS) is 15.2. The molecule has 0 saturated carbocycles. The van der Waals surface area contributed by atoms with E-state index in [2.05, 4.69) is 4.74 Å². The number of ether oxygens (including phenoxy) is 1. The number of halogens is 5. The van der Waals surface area contributed by atoms with Gasteiger partial charge in [0.05, 0.1) is 0 Å². The first-order valence-corrected chi connectivity index (χ1v) is 5.76.